The lowest BCUT2D eigenvalue weighted by Gasteiger charge is -2.14. The molecule has 0 radical (unpaired) electrons. The number of thiol groups is 1. The Bertz CT molecular complexity index is 647. The predicted molar refractivity (Wildman–Crippen MR) is 84.9 cm³/mol. The number of carbonyl (C=O) groups is 1. The molecule has 1 aromatic carbocycles. The monoisotopic (exact) mass is 349 g/mol. The zero-order valence-electron chi connectivity index (χ0n) is 10.5. The molecule has 3 rings (SSSR count). The zero-order valence-corrected chi connectivity index (χ0v) is 13.0. The molecule has 0 spiro atoms. The maximum absolute atomic E-state index is 11.9. The van der Waals surface area contributed by atoms with Gasteiger partial charge in [-0.1, -0.05) is 28.1 Å². The van der Waals surface area contributed by atoms with E-state index in [9.17, 15) is 4.79 Å². The number of rotatable bonds is 2. The molecular weight excluding hydrogens is 338 g/mol. The molecule has 0 N–H and O–H groups in total. The SMILES string of the molecule is O=C1CC(S)CN1c1nccc(-c2ccc(Br)cc2)n1. The standard InChI is InChI=1S/C14H12BrN3OS/c15-10-3-1-9(2-4-10)12-5-6-16-14(17-12)18-8-11(20)7-13(18)19/h1-6,11,20H,7-8H2. The molecule has 2 aromatic rings. The van der Waals surface area contributed by atoms with Crippen molar-refractivity contribution in [1.29, 1.82) is 0 Å². The molecule has 1 unspecified atom stereocenters. The van der Waals surface area contributed by atoms with Gasteiger partial charge in [0.1, 0.15) is 0 Å². The van der Waals surface area contributed by atoms with Crippen LogP contribution in [0.3, 0.4) is 0 Å². The largest absolute Gasteiger partial charge is 0.280 e. The number of anilines is 1. The Morgan fingerprint density at radius 1 is 1.25 bits per heavy atom. The molecule has 6 heteroatoms. The fourth-order valence-corrected chi connectivity index (χ4v) is 2.73. The van der Waals surface area contributed by atoms with Crippen LogP contribution >= 0.6 is 28.6 Å². The first-order chi connectivity index (χ1) is 9.63. The minimum atomic E-state index is 0.0259. The van der Waals surface area contributed by atoms with E-state index in [2.05, 4.69) is 38.5 Å². The van der Waals surface area contributed by atoms with Gasteiger partial charge in [0, 0.05) is 34.4 Å². The van der Waals surface area contributed by atoms with Gasteiger partial charge in [-0.3, -0.25) is 9.69 Å². The molecule has 4 nitrogen and oxygen atoms in total. The number of carbonyl (C=O) groups excluding carboxylic acids is 1. The molecular formula is C14H12BrN3OS. The number of aromatic nitrogens is 2. The first-order valence-corrected chi connectivity index (χ1v) is 7.52. The third-order valence-corrected chi connectivity index (χ3v) is 4.00. The van der Waals surface area contributed by atoms with Gasteiger partial charge < -0.3 is 0 Å². The molecule has 0 aliphatic carbocycles. The second-order valence-corrected chi connectivity index (χ2v) is 6.26. The Morgan fingerprint density at radius 2 is 2.00 bits per heavy atom. The summed E-state index contributed by atoms with van der Waals surface area (Å²) in [7, 11) is 0. The van der Waals surface area contributed by atoms with Crippen LogP contribution in [0.4, 0.5) is 5.95 Å². The normalized spacial score (nSPS) is 18.6. The Balaban J connectivity index is 1.94. The van der Waals surface area contributed by atoms with Crippen molar-refractivity contribution in [2.75, 3.05) is 11.4 Å². The van der Waals surface area contributed by atoms with Crippen molar-refractivity contribution < 1.29 is 4.79 Å². The van der Waals surface area contributed by atoms with Crippen LogP contribution in [0.25, 0.3) is 11.3 Å². The van der Waals surface area contributed by atoms with E-state index in [1.165, 1.54) is 0 Å². The first kappa shape index (κ1) is 13.6. The highest BCUT2D eigenvalue weighted by atomic mass is 79.9. The molecule has 1 amide bonds. The Kier molecular flexibility index (Phi) is 3.76. The highest BCUT2D eigenvalue weighted by Crippen LogP contribution is 2.24. The number of hydrogen-bond donors (Lipinski definition) is 1. The number of benzene rings is 1. The Labute approximate surface area is 130 Å². The van der Waals surface area contributed by atoms with E-state index in [0.29, 0.717) is 18.9 Å². The van der Waals surface area contributed by atoms with E-state index in [1.54, 1.807) is 11.1 Å². The molecule has 1 fully saturated rings. The van der Waals surface area contributed by atoms with Gasteiger partial charge in [-0.25, -0.2) is 9.97 Å². The van der Waals surface area contributed by atoms with Crippen molar-refractivity contribution >= 4 is 40.4 Å². The lowest BCUT2D eigenvalue weighted by atomic mass is 10.1. The average Bonchev–Trinajstić information content (AvgIpc) is 2.79. The van der Waals surface area contributed by atoms with Crippen molar-refractivity contribution in [1.82, 2.24) is 9.97 Å². The van der Waals surface area contributed by atoms with Crippen molar-refractivity contribution in [2.24, 2.45) is 0 Å². The molecule has 1 aliphatic heterocycles. The van der Waals surface area contributed by atoms with Gasteiger partial charge in [0.05, 0.1) is 5.69 Å². The van der Waals surface area contributed by atoms with Gasteiger partial charge in [0.15, 0.2) is 0 Å². The van der Waals surface area contributed by atoms with E-state index < -0.39 is 0 Å². The second-order valence-electron chi connectivity index (χ2n) is 4.61. The van der Waals surface area contributed by atoms with Crippen LogP contribution in [0.1, 0.15) is 6.42 Å². The summed E-state index contributed by atoms with van der Waals surface area (Å²) in [6, 6.07) is 9.71. The van der Waals surface area contributed by atoms with Crippen LogP contribution in [0, 0.1) is 0 Å². The van der Waals surface area contributed by atoms with Crippen molar-refractivity contribution in [3.05, 3.63) is 41.0 Å². The average molecular weight is 350 g/mol. The first-order valence-electron chi connectivity index (χ1n) is 6.21. The van der Waals surface area contributed by atoms with Gasteiger partial charge in [-0.2, -0.15) is 12.6 Å². The molecule has 20 heavy (non-hydrogen) atoms. The van der Waals surface area contributed by atoms with Gasteiger partial charge in [0.25, 0.3) is 0 Å². The van der Waals surface area contributed by atoms with E-state index in [1.807, 2.05) is 30.3 Å². The van der Waals surface area contributed by atoms with Crippen LogP contribution in [-0.2, 0) is 4.79 Å². The maximum Gasteiger partial charge on any atom is 0.232 e. The van der Waals surface area contributed by atoms with Gasteiger partial charge >= 0.3 is 0 Å². The summed E-state index contributed by atoms with van der Waals surface area (Å²) in [5.74, 6) is 0.477. The number of halogens is 1. The van der Waals surface area contributed by atoms with Gasteiger partial charge in [-0.05, 0) is 18.2 Å². The van der Waals surface area contributed by atoms with E-state index in [-0.39, 0.29) is 11.2 Å². The van der Waals surface area contributed by atoms with Crippen molar-refractivity contribution in [2.45, 2.75) is 11.7 Å². The highest BCUT2D eigenvalue weighted by Gasteiger charge is 2.30. The van der Waals surface area contributed by atoms with Crippen LogP contribution < -0.4 is 4.90 Å². The Morgan fingerprint density at radius 3 is 2.65 bits per heavy atom. The van der Waals surface area contributed by atoms with Crippen molar-refractivity contribution in [3.8, 4) is 11.3 Å². The lowest BCUT2D eigenvalue weighted by molar-refractivity contribution is -0.117. The van der Waals surface area contributed by atoms with E-state index in [0.717, 1.165) is 15.7 Å². The molecule has 0 bridgehead atoms. The number of nitrogens with zero attached hydrogens (tertiary/aromatic N) is 3. The summed E-state index contributed by atoms with van der Waals surface area (Å²) >= 11 is 7.75. The number of amides is 1. The molecule has 1 saturated heterocycles. The van der Waals surface area contributed by atoms with Crippen molar-refractivity contribution in [3.63, 3.8) is 0 Å². The van der Waals surface area contributed by atoms with Gasteiger partial charge in [0.2, 0.25) is 11.9 Å². The highest BCUT2D eigenvalue weighted by molar-refractivity contribution is 9.10. The summed E-state index contributed by atoms with van der Waals surface area (Å²) in [4.78, 5) is 22.2. The van der Waals surface area contributed by atoms with E-state index in [4.69, 9.17) is 0 Å². The minimum absolute atomic E-state index is 0.0259. The second kappa shape index (κ2) is 5.54. The lowest BCUT2D eigenvalue weighted by Crippen LogP contribution is -2.26. The van der Waals surface area contributed by atoms with Crippen LogP contribution in [0.5, 0.6) is 0 Å². The molecule has 102 valence electrons. The molecule has 1 aromatic heterocycles. The molecule has 1 aliphatic rings. The summed E-state index contributed by atoms with van der Waals surface area (Å²) < 4.78 is 1.02. The van der Waals surface area contributed by atoms with Gasteiger partial charge in [-0.15, -0.1) is 0 Å². The van der Waals surface area contributed by atoms with Crippen LogP contribution in [0.2, 0.25) is 0 Å². The third-order valence-electron chi connectivity index (χ3n) is 3.13. The fourth-order valence-electron chi connectivity index (χ4n) is 2.14. The minimum Gasteiger partial charge on any atom is -0.280 e. The molecule has 0 saturated carbocycles. The molecule has 1 atom stereocenters. The Hall–Kier alpha value is -1.40. The van der Waals surface area contributed by atoms with E-state index >= 15 is 0 Å². The number of hydrogen-bond acceptors (Lipinski definition) is 4. The topological polar surface area (TPSA) is 46.1 Å². The van der Waals surface area contributed by atoms with Crippen LogP contribution in [-0.4, -0.2) is 27.7 Å². The maximum atomic E-state index is 11.9. The quantitative estimate of drug-likeness (QED) is 0.848. The summed E-state index contributed by atoms with van der Waals surface area (Å²) in [5.41, 5.74) is 1.80. The smallest absolute Gasteiger partial charge is 0.232 e. The van der Waals surface area contributed by atoms with Crippen LogP contribution in [0.15, 0.2) is 41.0 Å². The fraction of sp³-hybridized carbons (Fsp3) is 0.214. The summed E-state index contributed by atoms with van der Waals surface area (Å²) in [6.45, 7) is 0.561. The third kappa shape index (κ3) is 2.71. The summed E-state index contributed by atoms with van der Waals surface area (Å²) in [6.07, 6.45) is 2.12. The molecule has 2 heterocycles. The zero-order chi connectivity index (χ0) is 14.1. The predicted octanol–water partition coefficient (Wildman–Crippen LogP) is 2.94. The summed E-state index contributed by atoms with van der Waals surface area (Å²) in [5, 5.41) is 0.0578.